The molecule has 0 atom stereocenters. The van der Waals surface area contributed by atoms with Crippen molar-refractivity contribution in [2.45, 2.75) is 77.0 Å². The van der Waals surface area contributed by atoms with E-state index in [1.807, 2.05) is 0 Å². The van der Waals surface area contributed by atoms with Crippen molar-refractivity contribution in [2.24, 2.45) is 0 Å². The molecule has 9 aromatic rings. The summed E-state index contributed by atoms with van der Waals surface area (Å²) < 4.78 is 0. The van der Waals surface area contributed by atoms with E-state index in [9.17, 15) is 0 Å². The summed E-state index contributed by atoms with van der Waals surface area (Å²) in [7, 11) is 0. The highest BCUT2D eigenvalue weighted by Gasteiger charge is 2.54. The first-order valence-electron chi connectivity index (χ1n) is 24.9. The van der Waals surface area contributed by atoms with Crippen LogP contribution in [0.1, 0.15) is 99.9 Å². The molecule has 0 saturated carbocycles. The maximum Gasteiger partial charge on any atom is 0.333 e. The fraction of sp³-hybridized carbons (Fsp3) is 0.182. The molecule has 4 aliphatic rings. The molecule has 13 rings (SSSR count). The predicted octanol–water partition coefficient (Wildman–Crippen LogP) is 15.7. The van der Waals surface area contributed by atoms with Crippen LogP contribution in [0.4, 0.5) is 28.4 Å². The van der Waals surface area contributed by atoms with Gasteiger partial charge in [0.1, 0.15) is 0 Å². The molecule has 1 aliphatic carbocycles. The van der Waals surface area contributed by atoms with Crippen LogP contribution in [0.15, 0.2) is 200 Å². The summed E-state index contributed by atoms with van der Waals surface area (Å²) in [6.45, 7) is 18.8. The number of para-hydroxylation sites is 2. The van der Waals surface area contributed by atoms with Crippen LogP contribution in [0, 0.1) is 0 Å². The van der Waals surface area contributed by atoms with Gasteiger partial charge in [0.2, 0.25) is 0 Å². The molecule has 3 heteroatoms. The maximum atomic E-state index is 2.77. The number of anilines is 5. The van der Waals surface area contributed by atoms with Crippen molar-refractivity contribution in [2.75, 3.05) is 9.71 Å². The Morgan fingerprint density at radius 3 is 1.65 bits per heavy atom. The largest absolute Gasteiger partial charge is 0.376 e. The molecular weight excluding hydrogens is 832 g/mol. The Morgan fingerprint density at radius 2 is 0.971 bits per heavy atom. The van der Waals surface area contributed by atoms with E-state index in [-0.39, 0.29) is 23.1 Å². The Hall–Kier alpha value is -7.36. The van der Waals surface area contributed by atoms with E-state index in [0.29, 0.717) is 0 Å². The van der Waals surface area contributed by atoms with Crippen molar-refractivity contribution in [1.82, 2.24) is 0 Å². The maximum absolute atomic E-state index is 2.77. The number of hydrogen-bond acceptors (Lipinski definition) is 2. The summed E-state index contributed by atoms with van der Waals surface area (Å²) >= 11 is 0. The number of hydrogen-bond donors (Lipinski definition) is 0. The molecule has 0 bridgehead atoms. The summed E-state index contributed by atoms with van der Waals surface area (Å²) in [6, 6.07) is 76.8. The molecule has 0 amide bonds. The molecule has 69 heavy (non-hydrogen) atoms. The van der Waals surface area contributed by atoms with Crippen LogP contribution >= 0.6 is 0 Å². The second-order valence-electron chi connectivity index (χ2n) is 22.5. The quantitative estimate of drug-likeness (QED) is 0.163. The lowest BCUT2D eigenvalue weighted by molar-refractivity contribution is 0.590. The first-order chi connectivity index (χ1) is 33.3. The Labute approximate surface area is 409 Å². The average Bonchev–Trinajstić information content (AvgIpc) is 3.58. The van der Waals surface area contributed by atoms with Crippen molar-refractivity contribution in [3.05, 3.63) is 245 Å². The second kappa shape index (κ2) is 14.6. The van der Waals surface area contributed by atoms with Crippen molar-refractivity contribution >= 4 is 46.2 Å². The minimum absolute atomic E-state index is 0.0350. The predicted molar refractivity (Wildman–Crippen MR) is 292 cm³/mol. The third-order valence-corrected chi connectivity index (χ3v) is 16.2. The smallest absolute Gasteiger partial charge is 0.333 e. The van der Waals surface area contributed by atoms with Gasteiger partial charge in [-0.3, -0.25) is 0 Å². The van der Waals surface area contributed by atoms with Gasteiger partial charge in [0, 0.05) is 39.3 Å². The van der Waals surface area contributed by atoms with E-state index < -0.39 is 5.41 Å². The van der Waals surface area contributed by atoms with Crippen LogP contribution in [-0.2, 0) is 21.7 Å². The second-order valence-corrected chi connectivity index (χ2v) is 22.5. The van der Waals surface area contributed by atoms with Crippen molar-refractivity contribution in [1.29, 1.82) is 0 Å². The number of fused-ring (bicyclic) bond motifs is 9. The van der Waals surface area contributed by atoms with E-state index >= 15 is 0 Å². The van der Waals surface area contributed by atoms with Gasteiger partial charge in [-0.15, -0.1) is 0 Å². The van der Waals surface area contributed by atoms with Crippen LogP contribution in [-0.4, -0.2) is 6.85 Å². The Balaban J connectivity index is 1.21. The molecular formula is C66H57BN2. The zero-order chi connectivity index (χ0) is 47.2. The summed E-state index contributed by atoms with van der Waals surface area (Å²) in [4.78, 5) is 5.44. The van der Waals surface area contributed by atoms with Crippen molar-refractivity contribution in [3.8, 4) is 33.4 Å². The molecule has 0 spiro atoms. The monoisotopic (exact) mass is 888 g/mol. The molecule has 0 unspecified atom stereocenters. The van der Waals surface area contributed by atoms with Gasteiger partial charge in [0.05, 0.1) is 11.1 Å². The van der Waals surface area contributed by atoms with Gasteiger partial charge < -0.3 is 9.71 Å². The molecule has 0 radical (unpaired) electrons. The van der Waals surface area contributed by atoms with Gasteiger partial charge in [-0.2, -0.15) is 0 Å². The van der Waals surface area contributed by atoms with Crippen LogP contribution in [0.2, 0.25) is 0 Å². The lowest BCUT2D eigenvalue weighted by Gasteiger charge is -2.53. The zero-order valence-corrected chi connectivity index (χ0v) is 41.0. The standard InChI is InChI=1S/C66H57BN2/c1-63(2,3)45-35-36-57(49(37-45)42-23-12-9-13-24-42)68-59-41-55-50(47-29-18-19-31-52(47)65(55,7)8)40-56(59)67-61-51(38-46(39-60(61)68)64(4,5)6)48-30-22-33-54-62(48)69(67)58-34-21-20-32-53(58)66(54,43-25-14-10-15-26-43)44-27-16-11-17-28-44/h9-41H,1-8H3. The van der Waals surface area contributed by atoms with Crippen molar-refractivity contribution < 1.29 is 0 Å². The van der Waals surface area contributed by atoms with Gasteiger partial charge >= 0.3 is 6.85 Å². The summed E-state index contributed by atoms with van der Waals surface area (Å²) in [6.07, 6.45) is 0. The molecule has 334 valence electrons. The molecule has 0 fully saturated rings. The Morgan fingerprint density at radius 1 is 0.391 bits per heavy atom. The first-order valence-corrected chi connectivity index (χ1v) is 24.9. The van der Waals surface area contributed by atoms with Crippen LogP contribution in [0.3, 0.4) is 0 Å². The molecule has 0 saturated heterocycles. The molecule has 2 nitrogen and oxygen atoms in total. The van der Waals surface area contributed by atoms with Gasteiger partial charge in [-0.1, -0.05) is 225 Å². The van der Waals surface area contributed by atoms with E-state index in [4.69, 9.17) is 0 Å². The number of rotatable bonds is 4. The minimum Gasteiger partial charge on any atom is -0.376 e. The van der Waals surface area contributed by atoms with Gasteiger partial charge in [0.15, 0.2) is 0 Å². The molecule has 9 aromatic carbocycles. The number of benzene rings is 9. The first kappa shape index (κ1) is 41.8. The Bertz CT molecular complexity index is 3520. The molecule has 3 aliphatic heterocycles. The van der Waals surface area contributed by atoms with Gasteiger partial charge in [-0.05, 0) is 119 Å². The van der Waals surface area contributed by atoms with Crippen molar-refractivity contribution in [3.63, 3.8) is 0 Å². The van der Waals surface area contributed by atoms with Crippen LogP contribution < -0.4 is 20.6 Å². The fourth-order valence-corrected chi connectivity index (χ4v) is 12.8. The topological polar surface area (TPSA) is 6.48 Å². The van der Waals surface area contributed by atoms with E-state index in [1.54, 1.807) is 0 Å². The molecule has 0 aromatic heterocycles. The summed E-state index contributed by atoms with van der Waals surface area (Å²) in [5.74, 6) is 0. The minimum atomic E-state index is -0.577. The normalized spacial score (nSPS) is 15.4. The van der Waals surface area contributed by atoms with Gasteiger partial charge in [-0.25, -0.2) is 0 Å². The van der Waals surface area contributed by atoms with E-state index in [1.165, 1.54) is 117 Å². The Kier molecular flexibility index (Phi) is 8.83. The summed E-state index contributed by atoms with van der Waals surface area (Å²) in [5, 5.41) is 0. The average molecular weight is 889 g/mol. The third-order valence-electron chi connectivity index (χ3n) is 16.2. The zero-order valence-electron chi connectivity index (χ0n) is 41.0. The van der Waals surface area contributed by atoms with Gasteiger partial charge in [0.25, 0.3) is 0 Å². The molecule has 0 N–H and O–H groups in total. The molecule has 3 heterocycles. The van der Waals surface area contributed by atoms with Crippen LogP contribution in [0.5, 0.6) is 0 Å². The highest BCUT2D eigenvalue weighted by Crippen LogP contribution is 2.61. The highest BCUT2D eigenvalue weighted by molar-refractivity contribution is 6.94. The van der Waals surface area contributed by atoms with Crippen LogP contribution in [0.25, 0.3) is 33.4 Å². The van der Waals surface area contributed by atoms with E-state index in [2.05, 4.69) is 265 Å². The highest BCUT2D eigenvalue weighted by atomic mass is 15.2. The van der Waals surface area contributed by atoms with E-state index in [0.717, 1.165) is 0 Å². The third kappa shape index (κ3) is 5.80. The lowest BCUT2D eigenvalue weighted by Crippen LogP contribution is -2.63. The fourth-order valence-electron chi connectivity index (χ4n) is 12.8. The number of nitrogens with zero attached hydrogens (tertiary/aromatic N) is 2. The SMILES string of the molecule is CC(C)(C)c1ccc(N2c3cc4c(cc3B3c5c(cc(C(C)(C)C)cc52)-c2cccc5c2N3c2ccccc2C5(c2ccccc2)c2ccccc2)-c2ccccc2C4(C)C)c(-c2ccccc2)c1. The lowest BCUT2D eigenvalue weighted by atomic mass is 9.41. The summed E-state index contributed by atoms with van der Waals surface area (Å²) in [5.41, 5.74) is 26.2.